The summed E-state index contributed by atoms with van der Waals surface area (Å²) in [5.41, 5.74) is 1.03. The van der Waals surface area contributed by atoms with Crippen LogP contribution in [0.5, 0.6) is 0 Å². The summed E-state index contributed by atoms with van der Waals surface area (Å²) in [7, 11) is 0. The molecule has 1 aromatic heterocycles. The Morgan fingerprint density at radius 2 is 1.63 bits per heavy atom. The van der Waals surface area contributed by atoms with Gasteiger partial charge in [-0.25, -0.2) is 8.78 Å². The molecular formula is C24H15F2NO3. The van der Waals surface area contributed by atoms with Crippen LogP contribution in [0.25, 0.3) is 11.0 Å². The molecule has 1 aliphatic heterocycles. The predicted octanol–water partition coefficient (Wildman–Crippen LogP) is 4.82. The topological polar surface area (TPSA) is 50.5 Å². The highest BCUT2D eigenvalue weighted by Gasteiger charge is 2.42. The smallest absolute Gasteiger partial charge is 0.291 e. The van der Waals surface area contributed by atoms with Gasteiger partial charge >= 0.3 is 0 Å². The van der Waals surface area contributed by atoms with Gasteiger partial charge in [0.15, 0.2) is 5.43 Å². The standard InChI is InChI=1S/C24H15F2NO3/c25-16-8-4-7-15(11-16)21-20-22(28)18-12-17(26)9-10-19(18)30-23(20)24(29)27(21)13-14-5-2-1-3-6-14/h1-12,21H,13H2/t21-/m1/s1. The van der Waals surface area contributed by atoms with Crippen LogP contribution < -0.4 is 5.43 Å². The molecule has 1 atom stereocenters. The number of fused-ring (bicyclic) bond motifs is 2. The van der Waals surface area contributed by atoms with Gasteiger partial charge < -0.3 is 9.32 Å². The van der Waals surface area contributed by atoms with Gasteiger partial charge in [0, 0.05) is 6.54 Å². The fourth-order valence-electron chi connectivity index (χ4n) is 3.96. The number of nitrogens with zero attached hydrogens (tertiary/aromatic N) is 1. The van der Waals surface area contributed by atoms with Gasteiger partial charge in [0.1, 0.15) is 17.2 Å². The number of benzene rings is 3. The fourth-order valence-corrected chi connectivity index (χ4v) is 3.96. The predicted molar refractivity (Wildman–Crippen MR) is 107 cm³/mol. The van der Waals surface area contributed by atoms with Crippen LogP contribution >= 0.6 is 0 Å². The summed E-state index contributed by atoms with van der Waals surface area (Å²) in [5.74, 6) is -1.62. The summed E-state index contributed by atoms with van der Waals surface area (Å²) in [4.78, 5) is 28.0. The van der Waals surface area contributed by atoms with Gasteiger partial charge in [-0.05, 0) is 41.5 Å². The lowest BCUT2D eigenvalue weighted by Crippen LogP contribution is -2.29. The molecule has 2 heterocycles. The van der Waals surface area contributed by atoms with Crippen LogP contribution in [0.4, 0.5) is 8.78 Å². The first kappa shape index (κ1) is 18.2. The molecule has 148 valence electrons. The molecule has 0 radical (unpaired) electrons. The lowest BCUT2D eigenvalue weighted by molar-refractivity contribution is 0.0714. The largest absolute Gasteiger partial charge is 0.450 e. The van der Waals surface area contributed by atoms with Gasteiger partial charge in [-0.3, -0.25) is 9.59 Å². The number of rotatable bonds is 3. The highest BCUT2D eigenvalue weighted by atomic mass is 19.1. The summed E-state index contributed by atoms with van der Waals surface area (Å²) in [6.07, 6.45) is 0. The van der Waals surface area contributed by atoms with E-state index in [-0.39, 0.29) is 28.8 Å². The van der Waals surface area contributed by atoms with Crippen molar-refractivity contribution in [1.29, 1.82) is 0 Å². The molecule has 0 saturated carbocycles. The summed E-state index contributed by atoms with van der Waals surface area (Å²) in [5, 5.41) is 0.0458. The number of halogens is 2. The zero-order chi connectivity index (χ0) is 20.8. The third-order valence-corrected chi connectivity index (χ3v) is 5.29. The van der Waals surface area contributed by atoms with Gasteiger partial charge in [-0.1, -0.05) is 42.5 Å². The summed E-state index contributed by atoms with van der Waals surface area (Å²) < 4.78 is 33.5. The van der Waals surface area contributed by atoms with E-state index in [2.05, 4.69) is 0 Å². The van der Waals surface area contributed by atoms with Crippen molar-refractivity contribution in [1.82, 2.24) is 4.90 Å². The molecule has 5 rings (SSSR count). The van der Waals surface area contributed by atoms with E-state index in [1.54, 1.807) is 6.07 Å². The first-order valence-corrected chi connectivity index (χ1v) is 9.39. The van der Waals surface area contributed by atoms with E-state index in [4.69, 9.17) is 4.42 Å². The molecule has 0 spiro atoms. The number of carbonyl (C=O) groups is 1. The molecule has 1 aliphatic rings. The number of hydrogen-bond donors (Lipinski definition) is 0. The second-order valence-corrected chi connectivity index (χ2v) is 7.19. The van der Waals surface area contributed by atoms with E-state index < -0.39 is 29.0 Å². The van der Waals surface area contributed by atoms with Crippen LogP contribution in [-0.2, 0) is 6.54 Å². The van der Waals surface area contributed by atoms with Crippen molar-refractivity contribution in [2.45, 2.75) is 12.6 Å². The van der Waals surface area contributed by atoms with E-state index in [1.165, 1.54) is 35.2 Å². The van der Waals surface area contributed by atoms with Crippen LogP contribution in [0.1, 0.15) is 33.3 Å². The molecule has 0 aliphatic carbocycles. The van der Waals surface area contributed by atoms with Gasteiger partial charge in [0.05, 0.1) is 17.0 Å². The minimum Gasteiger partial charge on any atom is -0.450 e. The summed E-state index contributed by atoms with van der Waals surface area (Å²) >= 11 is 0. The Hall–Kier alpha value is -3.80. The molecule has 0 saturated heterocycles. The second-order valence-electron chi connectivity index (χ2n) is 7.19. The molecule has 6 heteroatoms. The van der Waals surface area contributed by atoms with Gasteiger partial charge in [0.2, 0.25) is 5.76 Å². The molecule has 4 nitrogen and oxygen atoms in total. The second kappa shape index (κ2) is 6.91. The molecule has 0 unspecified atom stereocenters. The lowest BCUT2D eigenvalue weighted by Gasteiger charge is -2.25. The Kier molecular flexibility index (Phi) is 4.20. The first-order chi connectivity index (χ1) is 14.5. The maximum atomic E-state index is 14.0. The molecule has 0 fully saturated rings. The quantitative estimate of drug-likeness (QED) is 0.493. The number of carbonyl (C=O) groups excluding carboxylic acids is 1. The van der Waals surface area contributed by atoms with Crippen LogP contribution in [0.15, 0.2) is 82.0 Å². The van der Waals surface area contributed by atoms with E-state index in [0.717, 1.165) is 11.6 Å². The Bertz CT molecular complexity index is 1350. The minimum atomic E-state index is -0.840. The van der Waals surface area contributed by atoms with Crippen molar-refractivity contribution in [2.75, 3.05) is 0 Å². The van der Waals surface area contributed by atoms with Crippen molar-refractivity contribution in [3.63, 3.8) is 0 Å². The Balaban J connectivity index is 1.75. The van der Waals surface area contributed by atoms with Crippen LogP contribution in [0.2, 0.25) is 0 Å². The Morgan fingerprint density at radius 3 is 2.40 bits per heavy atom. The monoisotopic (exact) mass is 403 g/mol. The Labute approximate surface area is 170 Å². The number of hydrogen-bond acceptors (Lipinski definition) is 3. The maximum Gasteiger partial charge on any atom is 0.291 e. The van der Waals surface area contributed by atoms with Crippen LogP contribution in [0, 0.1) is 11.6 Å². The van der Waals surface area contributed by atoms with Crippen molar-refractivity contribution in [3.05, 3.63) is 117 Å². The van der Waals surface area contributed by atoms with E-state index in [1.807, 2.05) is 30.3 Å². The normalized spacial score (nSPS) is 15.6. The van der Waals surface area contributed by atoms with Crippen molar-refractivity contribution in [3.8, 4) is 0 Å². The molecule has 4 aromatic rings. The zero-order valence-corrected chi connectivity index (χ0v) is 15.6. The van der Waals surface area contributed by atoms with Crippen molar-refractivity contribution < 1.29 is 18.0 Å². The molecule has 1 amide bonds. The highest BCUT2D eigenvalue weighted by molar-refractivity contribution is 5.99. The average Bonchev–Trinajstić information content (AvgIpc) is 3.02. The third kappa shape index (κ3) is 2.88. The Morgan fingerprint density at radius 1 is 0.867 bits per heavy atom. The minimum absolute atomic E-state index is 0.0458. The van der Waals surface area contributed by atoms with Crippen molar-refractivity contribution in [2.24, 2.45) is 0 Å². The average molecular weight is 403 g/mol. The molecule has 0 N–H and O–H groups in total. The van der Waals surface area contributed by atoms with Crippen LogP contribution in [-0.4, -0.2) is 10.8 Å². The van der Waals surface area contributed by atoms with Gasteiger partial charge in [0.25, 0.3) is 5.91 Å². The third-order valence-electron chi connectivity index (χ3n) is 5.29. The van der Waals surface area contributed by atoms with E-state index in [0.29, 0.717) is 5.56 Å². The fraction of sp³-hybridized carbons (Fsp3) is 0.0833. The lowest BCUT2D eigenvalue weighted by atomic mass is 9.98. The van der Waals surface area contributed by atoms with E-state index >= 15 is 0 Å². The molecule has 0 bridgehead atoms. The molecule has 3 aromatic carbocycles. The summed E-state index contributed by atoms with van der Waals surface area (Å²) in [6.45, 7) is 0.204. The molecular weight excluding hydrogens is 388 g/mol. The number of amides is 1. The van der Waals surface area contributed by atoms with Crippen LogP contribution in [0.3, 0.4) is 0 Å². The van der Waals surface area contributed by atoms with E-state index in [9.17, 15) is 18.4 Å². The van der Waals surface area contributed by atoms with Gasteiger partial charge in [-0.2, -0.15) is 0 Å². The summed E-state index contributed by atoms with van der Waals surface area (Å²) in [6, 6.07) is 17.8. The van der Waals surface area contributed by atoms with Crippen molar-refractivity contribution >= 4 is 16.9 Å². The highest BCUT2D eigenvalue weighted by Crippen LogP contribution is 2.39. The maximum absolute atomic E-state index is 14.0. The SMILES string of the molecule is O=C1c2oc3ccc(F)cc3c(=O)c2[C@@H](c2cccc(F)c2)N1Cc1ccccc1. The zero-order valence-electron chi connectivity index (χ0n) is 15.6. The van der Waals surface area contributed by atoms with Gasteiger partial charge in [-0.15, -0.1) is 0 Å². The first-order valence-electron chi connectivity index (χ1n) is 9.39. The molecule has 30 heavy (non-hydrogen) atoms.